The Balaban J connectivity index is 1.35. The van der Waals surface area contributed by atoms with Crippen LogP contribution in [0.15, 0.2) is 65.7 Å². The molecule has 1 atom stereocenters. The van der Waals surface area contributed by atoms with Crippen LogP contribution in [0.5, 0.6) is 0 Å². The smallest absolute Gasteiger partial charge is 0.224 e. The third-order valence-corrected chi connectivity index (χ3v) is 5.55. The summed E-state index contributed by atoms with van der Waals surface area (Å²) in [5.74, 6) is 1.31. The standard InChI is InChI=1S/C24H33N5O/c1-20(21-9-5-3-6-10-21)19-27-24(25-2)26-14-13-23(30)29-17-15-28(16-18-29)22-11-7-4-8-12-22/h3-12,20H,13-19H2,1-2H3,(H2,25,26,27). The van der Waals surface area contributed by atoms with Crippen LogP contribution in [-0.4, -0.2) is 63.1 Å². The second-order valence-corrected chi connectivity index (χ2v) is 7.65. The molecule has 1 aliphatic heterocycles. The first-order chi connectivity index (χ1) is 14.7. The molecule has 3 rings (SSSR count). The van der Waals surface area contributed by atoms with Gasteiger partial charge in [0.15, 0.2) is 5.96 Å². The van der Waals surface area contributed by atoms with E-state index in [2.05, 4.69) is 76.0 Å². The lowest BCUT2D eigenvalue weighted by molar-refractivity contribution is -0.131. The summed E-state index contributed by atoms with van der Waals surface area (Å²) < 4.78 is 0. The highest BCUT2D eigenvalue weighted by Crippen LogP contribution is 2.16. The predicted molar refractivity (Wildman–Crippen MR) is 124 cm³/mol. The first-order valence-electron chi connectivity index (χ1n) is 10.7. The van der Waals surface area contributed by atoms with Crippen molar-refractivity contribution in [2.45, 2.75) is 19.3 Å². The van der Waals surface area contributed by atoms with Crippen LogP contribution in [0.3, 0.4) is 0 Å². The van der Waals surface area contributed by atoms with Crippen molar-refractivity contribution in [1.29, 1.82) is 0 Å². The van der Waals surface area contributed by atoms with Crippen molar-refractivity contribution in [3.63, 3.8) is 0 Å². The number of hydrogen-bond acceptors (Lipinski definition) is 3. The second-order valence-electron chi connectivity index (χ2n) is 7.65. The Morgan fingerprint density at radius 3 is 2.23 bits per heavy atom. The molecule has 1 unspecified atom stereocenters. The third-order valence-electron chi connectivity index (χ3n) is 5.55. The van der Waals surface area contributed by atoms with Gasteiger partial charge in [0.1, 0.15) is 0 Å². The van der Waals surface area contributed by atoms with Crippen molar-refractivity contribution in [2.75, 3.05) is 51.2 Å². The molecule has 0 radical (unpaired) electrons. The largest absolute Gasteiger partial charge is 0.368 e. The molecule has 0 aliphatic carbocycles. The fourth-order valence-electron chi connectivity index (χ4n) is 3.67. The van der Waals surface area contributed by atoms with Crippen molar-refractivity contribution < 1.29 is 4.79 Å². The Kier molecular flexibility index (Phi) is 8.12. The molecule has 6 heteroatoms. The van der Waals surface area contributed by atoms with Crippen molar-refractivity contribution in [2.24, 2.45) is 4.99 Å². The van der Waals surface area contributed by atoms with Crippen LogP contribution in [0.2, 0.25) is 0 Å². The fourth-order valence-corrected chi connectivity index (χ4v) is 3.67. The van der Waals surface area contributed by atoms with Crippen LogP contribution in [-0.2, 0) is 4.79 Å². The van der Waals surface area contributed by atoms with Gasteiger partial charge < -0.3 is 20.4 Å². The summed E-state index contributed by atoms with van der Waals surface area (Å²) in [6.07, 6.45) is 0.472. The van der Waals surface area contributed by atoms with Gasteiger partial charge in [-0.1, -0.05) is 55.5 Å². The van der Waals surface area contributed by atoms with Gasteiger partial charge >= 0.3 is 0 Å². The number of carbonyl (C=O) groups is 1. The second kappa shape index (κ2) is 11.2. The number of amides is 1. The van der Waals surface area contributed by atoms with Gasteiger partial charge in [0, 0.05) is 58.4 Å². The van der Waals surface area contributed by atoms with E-state index in [9.17, 15) is 4.79 Å². The van der Waals surface area contributed by atoms with Crippen LogP contribution < -0.4 is 15.5 Å². The number of nitrogens with zero attached hydrogens (tertiary/aromatic N) is 3. The van der Waals surface area contributed by atoms with Gasteiger partial charge in [-0.15, -0.1) is 0 Å². The zero-order chi connectivity index (χ0) is 21.2. The maximum absolute atomic E-state index is 12.6. The van der Waals surface area contributed by atoms with E-state index >= 15 is 0 Å². The van der Waals surface area contributed by atoms with Gasteiger partial charge in [-0.25, -0.2) is 0 Å². The van der Waals surface area contributed by atoms with Crippen molar-refractivity contribution in [3.8, 4) is 0 Å². The number of carbonyl (C=O) groups excluding carboxylic acids is 1. The molecule has 0 aromatic heterocycles. The molecule has 6 nitrogen and oxygen atoms in total. The van der Waals surface area contributed by atoms with Gasteiger partial charge in [-0.2, -0.15) is 0 Å². The van der Waals surface area contributed by atoms with E-state index in [1.807, 2.05) is 17.0 Å². The van der Waals surface area contributed by atoms with E-state index in [0.717, 1.165) is 38.7 Å². The number of anilines is 1. The van der Waals surface area contributed by atoms with Crippen molar-refractivity contribution >= 4 is 17.6 Å². The van der Waals surface area contributed by atoms with Crippen molar-refractivity contribution in [3.05, 3.63) is 66.2 Å². The maximum atomic E-state index is 12.6. The molecule has 0 spiro atoms. The molecule has 1 amide bonds. The summed E-state index contributed by atoms with van der Waals surface area (Å²) in [6.45, 7) is 6.86. The Bertz CT molecular complexity index is 801. The first kappa shape index (κ1) is 21.7. The van der Waals surface area contributed by atoms with E-state index in [1.165, 1.54) is 11.3 Å². The highest BCUT2D eigenvalue weighted by atomic mass is 16.2. The van der Waals surface area contributed by atoms with Gasteiger partial charge in [-0.05, 0) is 23.6 Å². The lowest BCUT2D eigenvalue weighted by atomic mass is 10.0. The van der Waals surface area contributed by atoms with Crippen LogP contribution in [0, 0.1) is 0 Å². The summed E-state index contributed by atoms with van der Waals surface area (Å²) in [7, 11) is 1.76. The minimum Gasteiger partial charge on any atom is -0.368 e. The maximum Gasteiger partial charge on any atom is 0.224 e. The molecule has 1 saturated heterocycles. The number of nitrogens with one attached hydrogen (secondary N) is 2. The Labute approximate surface area is 180 Å². The summed E-state index contributed by atoms with van der Waals surface area (Å²) in [5.41, 5.74) is 2.52. The van der Waals surface area contributed by atoms with E-state index in [4.69, 9.17) is 0 Å². The molecule has 1 heterocycles. The van der Waals surface area contributed by atoms with Crippen LogP contribution in [0.4, 0.5) is 5.69 Å². The number of benzene rings is 2. The van der Waals surface area contributed by atoms with E-state index in [-0.39, 0.29) is 5.91 Å². The number of hydrogen-bond donors (Lipinski definition) is 2. The molecular formula is C24H33N5O. The summed E-state index contributed by atoms with van der Waals surface area (Å²) >= 11 is 0. The van der Waals surface area contributed by atoms with Gasteiger partial charge in [0.2, 0.25) is 5.91 Å². The minimum atomic E-state index is 0.198. The third kappa shape index (κ3) is 6.24. The number of para-hydroxylation sites is 1. The lowest BCUT2D eigenvalue weighted by Gasteiger charge is -2.36. The van der Waals surface area contributed by atoms with E-state index in [0.29, 0.717) is 18.9 Å². The monoisotopic (exact) mass is 407 g/mol. The SMILES string of the molecule is CN=C(NCCC(=O)N1CCN(c2ccccc2)CC1)NCC(C)c1ccccc1. The normalized spacial score (nSPS) is 15.6. The molecule has 1 fully saturated rings. The number of guanidine groups is 1. The molecule has 160 valence electrons. The number of rotatable bonds is 7. The Morgan fingerprint density at radius 1 is 0.967 bits per heavy atom. The molecule has 1 aliphatic rings. The molecule has 0 bridgehead atoms. The zero-order valence-corrected chi connectivity index (χ0v) is 18.1. The molecule has 30 heavy (non-hydrogen) atoms. The number of piperazine rings is 1. The fraction of sp³-hybridized carbons (Fsp3) is 0.417. The van der Waals surface area contributed by atoms with Crippen LogP contribution in [0.1, 0.15) is 24.8 Å². The van der Waals surface area contributed by atoms with Crippen LogP contribution >= 0.6 is 0 Å². The van der Waals surface area contributed by atoms with Crippen molar-refractivity contribution in [1.82, 2.24) is 15.5 Å². The highest BCUT2D eigenvalue weighted by molar-refractivity contribution is 5.81. The van der Waals surface area contributed by atoms with Gasteiger partial charge in [0.05, 0.1) is 0 Å². The molecular weight excluding hydrogens is 374 g/mol. The topological polar surface area (TPSA) is 60.0 Å². The average Bonchev–Trinajstić information content (AvgIpc) is 2.82. The van der Waals surface area contributed by atoms with Gasteiger partial charge in [0.25, 0.3) is 0 Å². The average molecular weight is 408 g/mol. The zero-order valence-electron chi connectivity index (χ0n) is 18.1. The number of aliphatic imine (C=N–C) groups is 1. The lowest BCUT2D eigenvalue weighted by Crippen LogP contribution is -2.49. The van der Waals surface area contributed by atoms with Crippen LogP contribution in [0.25, 0.3) is 0 Å². The van der Waals surface area contributed by atoms with E-state index < -0.39 is 0 Å². The molecule has 0 saturated carbocycles. The molecule has 2 N–H and O–H groups in total. The summed E-state index contributed by atoms with van der Waals surface area (Å²) in [4.78, 5) is 21.1. The van der Waals surface area contributed by atoms with E-state index in [1.54, 1.807) is 7.05 Å². The summed E-state index contributed by atoms with van der Waals surface area (Å²) in [6, 6.07) is 20.8. The summed E-state index contributed by atoms with van der Waals surface area (Å²) in [5, 5.41) is 6.61. The molecule has 2 aromatic carbocycles. The highest BCUT2D eigenvalue weighted by Gasteiger charge is 2.20. The Morgan fingerprint density at radius 2 is 1.60 bits per heavy atom. The Hall–Kier alpha value is -3.02. The first-order valence-corrected chi connectivity index (χ1v) is 10.7. The quantitative estimate of drug-likeness (QED) is 0.547. The molecule has 2 aromatic rings. The van der Waals surface area contributed by atoms with Gasteiger partial charge in [-0.3, -0.25) is 9.79 Å². The predicted octanol–water partition coefficient (Wildman–Crippen LogP) is 2.69. The minimum absolute atomic E-state index is 0.198.